The van der Waals surface area contributed by atoms with Crippen LogP contribution in [-0.2, 0) is 16.1 Å². The van der Waals surface area contributed by atoms with Gasteiger partial charge in [-0.15, -0.1) is 0 Å². The highest BCUT2D eigenvalue weighted by Crippen LogP contribution is 2.02. The highest BCUT2D eigenvalue weighted by molar-refractivity contribution is 5.81. The molecule has 1 fully saturated rings. The van der Waals surface area contributed by atoms with Crippen molar-refractivity contribution in [2.24, 2.45) is 0 Å². The molecule has 0 radical (unpaired) electrons. The van der Waals surface area contributed by atoms with Crippen LogP contribution < -0.4 is 16.4 Å². The van der Waals surface area contributed by atoms with Gasteiger partial charge in [-0.25, -0.2) is 4.68 Å². The molecule has 1 saturated heterocycles. The first kappa shape index (κ1) is 17.4. The number of benzene rings is 1. The lowest BCUT2D eigenvalue weighted by atomic mass is 10.2. The summed E-state index contributed by atoms with van der Waals surface area (Å²) in [5.41, 5.74) is -0.768. The second kappa shape index (κ2) is 7.62. The van der Waals surface area contributed by atoms with Crippen LogP contribution in [0.15, 0.2) is 33.9 Å². The minimum absolute atomic E-state index is 0.0616. The number of carbonyl (C=O) groups excluding carboxylic acids is 1. The van der Waals surface area contributed by atoms with Crippen LogP contribution in [0.5, 0.6) is 0 Å². The second-order valence-electron chi connectivity index (χ2n) is 6.26. The number of carbonyl (C=O) groups is 1. The number of hydrogen-bond acceptors (Lipinski definition) is 5. The standard InChI is InChI=1S/C17H22N4O4/c1-12(10-20-6-8-25-9-7-20)18-15(22)11-21-17(24)14-5-3-2-4-13(14)16(23)19-21/h2-5,12H,6-11H2,1H3,(H,18,22)(H,19,23). The van der Waals surface area contributed by atoms with Gasteiger partial charge in [-0.2, -0.15) is 0 Å². The van der Waals surface area contributed by atoms with Gasteiger partial charge in [0.25, 0.3) is 11.1 Å². The number of aromatic amines is 1. The van der Waals surface area contributed by atoms with Crippen LogP contribution in [0.3, 0.4) is 0 Å². The quantitative estimate of drug-likeness (QED) is 0.763. The van der Waals surface area contributed by atoms with E-state index in [1.807, 2.05) is 6.92 Å². The van der Waals surface area contributed by atoms with Gasteiger partial charge in [-0.3, -0.25) is 24.4 Å². The van der Waals surface area contributed by atoms with Crippen LogP contribution in [0.2, 0.25) is 0 Å². The van der Waals surface area contributed by atoms with Gasteiger partial charge in [0.15, 0.2) is 0 Å². The Morgan fingerprint density at radius 3 is 2.64 bits per heavy atom. The summed E-state index contributed by atoms with van der Waals surface area (Å²) < 4.78 is 6.36. The Morgan fingerprint density at radius 1 is 1.24 bits per heavy atom. The molecule has 1 amide bonds. The van der Waals surface area contributed by atoms with E-state index in [0.29, 0.717) is 24.0 Å². The molecule has 1 aromatic carbocycles. The lowest BCUT2D eigenvalue weighted by Crippen LogP contribution is -2.47. The molecule has 25 heavy (non-hydrogen) atoms. The molecule has 1 unspecified atom stereocenters. The first-order chi connectivity index (χ1) is 12.0. The van der Waals surface area contributed by atoms with Gasteiger partial charge < -0.3 is 10.1 Å². The first-order valence-electron chi connectivity index (χ1n) is 8.36. The van der Waals surface area contributed by atoms with Crippen molar-refractivity contribution in [1.82, 2.24) is 20.0 Å². The fraction of sp³-hybridized carbons (Fsp3) is 0.471. The Morgan fingerprint density at radius 2 is 1.92 bits per heavy atom. The van der Waals surface area contributed by atoms with Crippen LogP contribution in [0.1, 0.15) is 6.92 Å². The number of H-pyrrole nitrogens is 1. The summed E-state index contributed by atoms with van der Waals surface area (Å²) in [7, 11) is 0. The third-order valence-corrected chi connectivity index (χ3v) is 4.23. The van der Waals surface area contributed by atoms with E-state index >= 15 is 0 Å². The molecule has 0 aliphatic carbocycles. The summed E-state index contributed by atoms with van der Waals surface area (Å²) >= 11 is 0. The van der Waals surface area contributed by atoms with E-state index in [-0.39, 0.29) is 29.6 Å². The molecule has 2 aromatic rings. The van der Waals surface area contributed by atoms with Crippen molar-refractivity contribution in [1.29, 1.82) is 0 Å². The fourth-order valence-electron chi connectivity index (χ4n) is 3.04. The molecule has 8 nitrogen and oxygen atoms in total. The third kappa shape index (κ3) is 4.15. The summed E-state index contributed by atoms with van der Waals surface area (Å²) in [6.45, 7) is 5.52. The van der Waals surface area contributed by atoms with Crippen LogP contribution in [-0.4, -0.2) is 59.5 Å². The van der Waals surface area contributed by atoms with Gasteiger partial charge in [0.1, 0.15) is 6.54 Å². The van der Waals surface area contributed by atoms with Gasteiger partial charge in [-0.1, -0.05) is 12.1 Å². The van der Waals surface area contributed by atoms with E-state index < -0.39 is 0 Å². The number of nitrogens with one attached hydrogen (secondary N) is 2. The molecule has 3 rings (SSSR count). The molecular formula is C17H22N4O4. The molecule has 0 saturated carbocycles. The normalized spacial score (nSPS) is 16.7. The summed E-state index contributed by atoms with van der Waals surface area (Å²) in [4.78, 5) is 38.9. The largest absolute Gasteiger partial charge is 0.379 e. The van der Waals surface area contributed by atoms with Gasteiger partial charge in [0.05, 0.1) is 24.0 Å². The Balaban J connectivity index is 1.66. The molecule has 1 aliphatic heterocycles. The topological polar surface area (TPSA) is 96.4 Å². The zero-order valence-corrected chi connectivity index (χ0v) is 14.2. The fourth-order valence-corrected chi connectivity index (χ4v) is 3.04. The van der Waals surface area contributed by atoms with Crippen LogP contribution in [0.4, 0.5) is 0 Å². The number of amides is 1. The molecular weight excluding hydrogens is 324 g/mol. The number of ether oxygens (including phenoxy) is 1. The van der Waals surface area contributed by atoms with Crippen molar-refractivity contribution in [3.8, 4) is 0 Å². The number of morpholine rings is 1. The average molecular weight is 346 g/mol. The number of rotatable bonds is 5. The van der Waals surface area contributed by atoms with Gasteiger partial charge >= 0.3 is 0 Å². The monoisotopic (exact) mass is 346 g/mol. The number of hydrogen-bond donors (Lipinski definition) is 2. The van der Waals surface area contributed by atoms with Crippen molar-refractivity contribution in [2.75, 3.05) is 32.8 Å². The Labute approximate surface area is 144 Å². The summed E-state index contributed by atoms with van der Waals surface area (Å²) in [6.07, 6.45) is 0. The van der Waals surface area contributed by atoms with Gasteiger partial charge in [-0.05, 0) is 19.1 Å². The number of fused-ring (bicyclic) bond motifs is 1. The minimum Gasteiger partial charge on any atom is -0.379 e. The number of aromatic nitrogens is 2. The molecule has 1 aliphatic rings. The smallest absolute Gasteiger partial charge is 0.273 e. The second-order valence-corrected chi connectivity index (χ2v) is 6.26. The zero-order valence-electron chi connectivity index (χ0n) is 14.2. The summed E-state index contributed by atoms with van der Waals surface area (Å²) in [6, 6.07) is 6.50. The van der Waals surface area contributed by atoms with E-state index in [1.165, 1.54) is 0 Å². The van der Waals surface area contributed by atoms with Crippen LogP contribution >= 0.6 is 0 Å². The molecule has 2 N–H and O–H groups in total. The van der Waals surface area contributed by atoms with Crippen LogP contribution in [0, 0.1) is 0 Å². The summed E-state index contributed by atoms with van der Waals surface area (Å²) in [5, 5.41) is 5.96. The van der Waals surface area contributed by atoms with Crippen LogP contribution in [0.25, 0.3) is 10.8 Å². The highest BCUT2D eigenvalue weighted by atomic mass is 16.5. The molecule has 0 bridgehead atoms. The minimum atomic E-state index is -0.385. The Bertz CT molecular complexity index is 867. The maximum absolute atomic E-state index is 12.4. The van der Waals surface area contributed by atoms with Crippen molar-refractivity contribution in [2.45, 2.75) is 19.5 Å². The molecule has 2 heterocycles. The maximum Gasteiger partial charge on any atom is 0.273 e. The summed E-state index contributed by atoms with van der Waals surface area (Å²) in [5.74, 6) is -0.311. The maximum atomic E-state index is 12.4. The molecule has 134 valence electrons. The van der Waals surface area contributed by atoms with Gasteiger partial charge in [0, 0.05) is 25.7 Å². The molecule has 0 spiro atoms. The Hall–Kier alpha value is -2.45. The molecule has 1 aromatic heterocycles. The number of nitrogens with zero attached hydrogens (tertiary/aromatic N) is 2. The highest BCUT2D eigenvalue weighted by Gasteiger charge is 2.16. The van der Waals surface area contributed by atoms with Crippen molar-refractivity contribution < 1.29 is 9.53 Å². The zero-order chi connectivity index (χ0) is 17.8. The SMILES string of the molecule is CC(CN1CCOCC1)NC(=O)Cn1[nH]c(=O)c2ccccc2c1=O. The lowest BCUT2D eigenvalue weighted by Gasteiger charge is -2.29. The van der Waals surface area contributed by atoms with E-state index in [9.17, 15) is 14.4 Å². The first-order valence-corrected chi connectivity index (χ1v) is 8.36. The predicted molar refractivity (Wildman–Crippen MR) is 93.7 cm³/mol. The van der Waals surface area contributed by atoms with Crippen molar-refractivity contribution >= 4 is 16.7 Å². The lowest BCUT2D eigenvalue weighted by molar-refractivity contribution is -0.122. The predicted octanol–water partition coefficient (Wildman–Crippen LogP) is -0.473. The van der Waals surface area contributed by atoms with E-state index in [1.54, 1.807) is 24.3 Å². The molecule has 8 heteroatoms. The van der Waals surface area contributed by atoms with Crippen molar-refractivity contribution in [3.05, 3.63) is 45.0 Å². The third-order valence-electron chi connectivity index (χ3n) is 4.23. The van der Waals surface area contributed by atoms with E-state index in [0.717, 1.165) is 24.3 Å². The molecule has 1 atom stereocenters. The average Bonchev–Trinajstić information content (AvgIpc) is 2.60. The van der Waals surface area contributed by atoms with Crippen molar-refractivity contribution in [3.63, 3.8) is 0 Å². The Kier molecular flexibility index (Phi) is 5.30. The van der Waals surface area contributed by atoms with E-state index in [2.05, 4.69) is 15.3 Å². The van der Waals surface area contributed by atoms with Gasteiger partial charge in [0.2, 0.25) is 5.91 Å². The van der Waals surface area contributed by atoms with E-state index in [4.69, 9.17) is 4.74 Å².